The third-order valence-corrected chi connectivity index (χ3v) is 18.6. The number of aromatic nitrogens is 3. The molecule has 6 unspecified atom stereocenters. The molecule has 0 spiro atoms. The summed E-state index contributed by atoms with van der Waals surface area (Å²) in [6.07, 6.45) is 25.6. The number of rotatable bonds is 26. The average Bonchev–Trinajstić information content (AvgIpc) is 0.952. The maximum atomic E-state index is 14.1. The van der Waals surface area contributed by atoms with E-state index in [0.29, 0.717) is 76.5 Å². The molecular formula is C81H135FN7O7P. The number of aryl methyl sites for hydroxylation is 2. The molecule has 97 heavy (non-hydrogen) atoms. The minimum Gasteiger partial charge on any atom is -0.508 e. The van der Waals surface area contributed by atoms with Crippen LogP contribution in [0.25, 0.3) is 32.9 Å². The van der Waals surface area contributed by atoms with E-state index in [0.717, 1.165) is 79.6 Å². The first-order chi connectivity index (χ1) is 46.4. The van der Waals surface area contributed by atoms with E-state index < -0.39 is 5.60 Å². The summed E-state index contributed by atoms with van der Waals surface area (Å²) < 4.78 is 24.2. The number of aliphatic hydroxyl groups is 1. The van der Waals surface area contributed by atoms with E-state index in [1.54, 1.807) is 35.4 Å². The number of ether oxygens (including phenoxy) is 2. The molecule has 0 bridgehead atoms. The smallest absolute Gasteiger partial charge is 0.318 e. The molecule has 0 aliphatic carbocycles. The number of nitrogens with zero attached hydrogens (tertiary/aromatic N) is 7. The van der Waals surface area contributed by atoms with E-state index in [1.807, 2.05) is 74.3 Å². The van der Waals surface area contributed by atoms with Crippen LogP contribution in [-0.2, 0) is 19.1 Å². The molecule has 3 aromatic carbocycles. The Balaban J connectivity index is 0.000000630. The maximum absolute atomic E-state index is 14.1. The van der Waals surface area contributed by atoms with Crippen molar-refractivity contribution >= 4 is 65.9 Å². The molecule has 0 radical (unpaired) electrons. The lowest BCUT2D eigenvalue weighted by atomic mass is 9.91. The van der Waals surface area contributed by atoms with Gasteiger partial charge in [-0.2, -0.15) is 9.97 Å². The van der Waals surface area contributed by atoms with Crippen LogP contribution in [0.2, 0.25) is 0 Å². The first-order valence-electron chi connectivity index (χ1n) is 37.2. The number of amides is 1. The summed E-state index contributed by atoms with van der Waals surface area (Å²) in [5, 5.41) is 23.6. The lowest BCUT2D eigenvalue weighted by Crippen LogP contribution is -2.46. The number of methoxy groups -OCH3 is 1. The van der Waals surface area contributed by atoms with E-state index in [1.165, 1.54) is 128 Å². The molecule has 3 saturated heterocycles. The molecule has 16 heteroatoms. The number of benzene rings is 3. The van der Waals surface area contributed by atoms with E-state index >= 15 is 0 Å². The number of anilines is 2. The van der Waals surface area contributed by atoms with E-state index in [2.05, 4.69) is 121 Å². The van der Waals surface area contributed by atoms with Gasteiger partial charge >= 0.3 is 6.01 Å². The second-order valence-corrected chi connectivity index (χ2v) is 27.5. The molecule has 14 nitrogen and oxygen atoms in total. The number of pyridine rings is 1. The minimum absolute atomic E-state index is 0.0620. The highest BCUT2D eigenvalue weighted by atomic mass is 31.0. The Morgan fingerprint density at radius 1 is 0.835 bits per heavy atom. The summed E-state index contributed by atoms with van der Waals surface area (Å²) in [5.74, 6) is 3.32. The molecule has 3 aliphatic heterocycles. The molecule has 2 aromatic heterocycles. The fourth-order valence-corrected chi connectivity index (χ4v) is 13.1. The number of hydrogen-bond donors (Lipinski definition) is 2. The summed E-state index contributed by atoms with van der Waals surface area (Å²) in [4.78, 5) is 56.0. The SMILES string of the molecule is C=CC.CC.CCC.CCCC(=O)N(C)c1cc(C)ccc1C.CCCC(C)C(=O)C(C)CC.CCCC(CCC)CN(CCC)CCC(C)CC.COc1nc(N2CCC[C@@](C)(O)C2)c2cnc(-c3cc(O)cc4ccc(F)cc34)c(P)c2n1.O=COCC1CCC2CCCN21. The van der Waals surface area contributed by atoms with Crippen LogP contribution in [0.1, 0.15) is 244 Å². The Bertz CT molecular complexity index is 3010. The highest BCUT2D eigenvalue weighted by molar-refractivity contribution is 7.28. The summed E-state index contributed by atoms with van der Waals surface area (Å²) in [6.45, 7) is 48.8. The second-order valence-electron chi connectivity index (χ2n) is 26.9. The van der Waals surface area contributed by atoms with Crippen molar-refractivity contribution in [3.05, 3.63) is 84.3 Å². The molecule has 7 atom stereocenters. The molecule has 1 amide bonds. The Morgan fingerprint density at radius 2 is 1.49 bits per heavy atom. The summed E-state index contributed by atoms with van der Waals surface area (Å²) >= 11 is 0. The number of piperidine rings is 1. The van der Waals surface area contributed by atoms with E-state index in [-0.39, 0.29) is 35.3 Å². The van der Waals surface area contributed by atoms with Gasteiger partial charge in [0.2, 0.25) is 5.91 Å². The largest absolute Gasteiger partial charge is 0.508 e. The van der Waals surface area contributed by atoms with Crippen molar-refractivity contribution < 1.29 is 38.5 Å². The number of allylic oxidation sites excluding steroid dienone is 1. The Labute approximate surface area is 591 Å². The lowest BCUT2D eigenvalue weighted by molar-refractivity contribution is -0.130. The van der Waals surface area contributed by atoms with Crippen LogP contribution >= 0.6 is 9.24 Å². The number of phenols is 1. The highest BCUT2D eigenvalue weighted by Crippen LogP contribution is 2.37. The van der Waals surface area contributed by atoms with Gasteiger partial charge in [0.15, 0.2) is 0 Å². The van der Waals surface area contributed by atoms with Gasteiger partial charge in [0.1, 0.15) is 29.8 Å². The zero-order chi connectivity index (χ0) is 73.2. The number of halogens is 1. The van der Waals surface area contributed by atoms with Gasteiger partial charge in [-0.1, -0.05) is 153 Å². The topological polar surface area (TPSA) is 162 Å². The average molecular weight is 1370 g/mol. The number of phenolic OH excluding ortho intramolecular Hbond substituents is 1. The van der Waals surface area contributed by atoms with Gasteiger partial charge in [0.05, 0.1) is 29.3 Å². The number of hydrogen-bond acceptors (Lipinski definition) is 13. The normalized spacial score (nSPS) is 17.0. The lowest BCUT2D eigenvalue weighted by Gasteiger charge is -2.37. The van der Waals surface area contributed by atoms with Crippen molar-refractivity contribution in [3.63, 3.8) is 0 Å². The number of Topliss-reactive ketones (excluding diaryl/α,β-unsaturated/α-hetero) is 1. The molecule has 548 valence electrons. The van der Waals surface area contributed by atoms with Crippen molar-refractivity contribution in [3.8, 4) is 23.0 Å². The van der Waals surface area contributed by atoms with Crippen molar-refractivity contribution in [2.24, 2.45) is 23.7 Å². The van der Waals surface area contributed by atoms with Gasteiger partial charge in [-0.25, -0.2) is 4.39 Å². The zero-order valence-electron chi connectivity index (χ0n) is 64.4. The Hall–Kier alpha value is -5.60. The molecule has 0 saturated carbocycles. The van der Waals surface area contributed by atoms with Crippen molar-refractivity contribution in [2.45, 2.75) is 264 Å². The highest BCUT2D eigenvalue weighted by Gasteiger charge is 2.37. The third-order valence-electron chi connectivity index (χ3n) is 18.1. The van der Waals surface area contributed by atoms with E-state index in [9.17, 15) is 29.0 Å². The van der Waals surface area contributed by atoms with Crippen LogP contribution in [-0.4, -0.2) is 131 Å². The van der Waals surface area contributed by atoms with Crippen molar-refractivity contribution in [1.82, 2.24) is 24.8 Å². The second kappa shape index (κ2) is 49.8. The van der Waals surface area contributed by atoms with Gasteiger partial charge in [0, 0.05) is 79.8 Å². The fraction of sp³-hybridized carbons (Fsp3) is 0.654. The molecular weight excluding hydrogens is 1230 g/mol. The third kappa shape index (κ3) is 31.2. The van der Waals surface area contributed by atoms with Gasteiger partial charge < -0.3 is 34.4 Å². The molecule has 3 aliphatic rings. The summed E-state index contributed by atoms with van der Waals surface area (Å²) in [7, 11) is 6.02. The number of carbonyl (C=O) groups excluding carboxylic acids is 3. The maximum Gasteiger partial charge on any atom is 0.318 e. The standard InChI is InChI=1S/C24H24FN4O3P.C17H37N.C13H19NO.C10H20O.C9H15NO2.C3H8.C3H6.C2H6/c1-24(31)6-3-7-29(12-24)22-18-11-26-19(21(33)20(18)27-23(28-22)32-2)17-10-15(30)8-13-4-5-14(25)9-16(13)17;1-6-10-17(11-7-2)15-18(13-8-3)14-12-16(5)9-4;1-5-6-13(15)14(4)12-9-10(2)7-8-11(12)3;1-5-7-9(4)10(11)8(3)6-2;11-7-12-6-9-4-3-8-2-1-5-10(8)9;2*1-3-2;1-2/h4-5,8-11,30-31H,3,6-7,12,33H2,1-2H3;16-17H,6-15H2,1-5H3;7-9H,5-6H2,1-4H3;8-9H,5-7H2,1-4H3;7-9H,1-6H2;3H2,1-2H3;3H,1H2,2H3;1-2H3/t24-;;;;;;;/m1......./s1. The Kier molecular flexibility index (Phi) is 45.9. The zero-order valence-corrected chi connectivity index (χ0v) is 65.6. The molecule has 8 rings (SSSR count). The molecule has 5 aromatic rings. The predicted molar refractivity (Wildman–Crippen MR) is 415 cm³/mol. The first kappa shape index (κ1) is 89.4. The number of carbonyl (C=O) groups is 3. The predicted octanol–water partition coefficient (Wildman–Crippen LogP) is 19.4. The number of fused-ring (bicyclic) bond motifs is 3. The van der Waals surface area contributed by atoms with Crippen molar-refractivity contribution in [2.75, 3.05) is 69.8 Å². The van der Waals surface area contributed by atoms with E-state index in [4.69, 9.17) is 9.47 Å². The van der Waals surface area contributed by atoms with Crippen LogP contribution in [0, 0.1) is 43.3 Å². The monoisotopic (exact) mass is 1370 g/mol. The quantitative estimate of drug-likeness (QED) is 0.0306. The summed E-state index contributed by atoms with van der Waals surface area (Å²) in [6, 6.07) is 15.3. The Morgan fingerprint density at radius 3 is 2.07 bits per heavy atom. The molecule has 2 N–H and O–H groups in total. The minimum atomic E-state index is -0.815. The van der Waals surface area contributed by atoms with Gasteiger partial charge in [0.25, 0.3) is 6.47 Å². The first-order valence-corrected chi connectivity index (χ1v) is 37.8. The number of aromatic hydroxyl groups is 1. The van der Waals surface area contributed by atoms with Crippen LogP contribution in [0.15, 0.2) is 67.4 Å². The van der Waals surface area contributed by atoms with Crippen LogP contribution in [0.4, 0.5) is 15.9 Å². The van der Waals surface area contributed by atoms with Crippen LogP contribution < -0.4 is 19.8 Å². The van der Waals surface area contributed by atoms with Crippen molar-refractivity contribution in [1.29, 1.82) is 0 Å². The molecule has 5 heterocycles. The van der Waals surface area contributed by atoms with Crippen LogP contribution in [0.3, 0.4) is 0 Å². The van der Waals surface area contributed by atoms with Gasteiger partial charge in [-0.05, 0) is 195 Å². The summed E-state index contributed by atoms with van der Waals surface area (Å²) in [5.41, 5.74) is 4.30. The van der Waals surface area contributed by atoms with Crippen LogP contribution in [0.5, 0.6) is 11.8 Å². The molecule has 3 fully saturated rings. The number of ketones is 1. The van der Waals surface area contributed by atoms with Gasteiger partial charge in [-0.3, -0.25) is 24.3 Å². The number of β-amino-alcohol motifs (C(OH)–C–C–N with tert-alkyl or cyclic N) is 1. The fourth-order valence-electron chi connectivity index (χ4n) is 12.6. The van der Waals surface area contributed by atoms with Gasteiger partial charge in [-0.15, -0.1) is 15.8 Å².